The Morgan fingerprint density at radius 1 is 1.50 bits per heavy atom. The SMILES string of the molecule is CCOCCNC(=S)NC(C)COC. The van der Waals surface area contributed by atoms with Crippen LogP contribution in [0, 0.1) is 0 Å². The molecule has 0 spiro atoms. The van der Waals surface area contributed by atoms with Crippen LogP contribution in [-0.2, 0) is 9.47 Å². The van der Waals surface area contributed by atoms with E-state index in [1.54, 1.807) is 7.11 Å². The van der Waals surface area contributed by atoms with Crippen LogP contribution < -0.4 is 10.6 Å². The number of thiocarbonyl (C=S) groups is 1. The maximum atomic E-state index is 5.16. The van der Waals surface area contributed by atoms with Crippen molar-refractivity contribution in [3.05, 3.63) is 0 Å². The Hall–Kier alpha value is -0.390. The molecule has 14 heavy (non-hydrogen) atoms. The summed E-state index contributed by atoms with van der Waals surface area (Å²) >= 11 is 5.06. The molecule has 0 aromatic heterocycles. The van der Waals surface area contributed by atoms with Crippen molar-refractivity contribution in [3.63, 3.8) is 0 Å². The van der Waals surface area contributed by atoms with Crippen molar-refractivity contribution in [2.24, 2.45) is 0 Å². The van der Waals surface area contributed by atoms with E-state index in [0.717, 1.165) is 13.2 Å². The van der Waals surface area contributed by atoms with Gasteiger partial charge in [-0.25, -0.2) is 0 Å². The quantitative estimate of drug-likeness (QED) is 0.484. The van der Waals surface area contributed by atoms with E-state index < -0.39 is 0 Å². The fourth-order valence-electron chi connectivity index (χ4n) is 0.948. The third kappa shape index (κ3) is 8.22. The molecular formula is C9H20N2O2S. The zero-order valence-electron chi connectivity index (χ0n) is 9.13. The van der Waals surface area contributed by atoms with Crippen molar-refractivity contribution >= 4 is 17.3 Å². The summed E-state index contributed by atoms with van der Waals surface area (Å²) in [7, 11) is 1.67. The van der Waals surface area contributed by atoms with Gasteiger partial charge < -0.3 is 20.1 Å². The van der Waals surface area contributed by atoms with Gasteiger partial charge in [0.15, 0.2) is 5.11 Å². The molecule has 0 aromatic carbocycles. The lowest BCUT2D eigenvalue weighted by Gasteiger charge is -2.15. The summed E-state index contributed by atoms with van der Waals surface area (Å²) in [4.78, 5) is 0. The van der Waals surface area contributed by atoms with Crippen molar-refractivity contribution < 1.29 is 9.47 Å². The molecule has 0 aliphatic carbocycles. The van der Waals surface area contributed by atoms with E-state index in [4.69, 9.17) is 21.7 Å². The van der Waals surface area contributed by atoms with Gasteiger partial charge in [0.05, 0.1) is 13.2 Å². The van der Waals surface area contributed by atoms with Crippen LogP contribution in [0.15, 0.2) is 0 Å². The minimum absolute atomic E-state index is 0.229. The first kappa shape index (κ1) is 13.6. The zero-order chi connectivity index (χ0) is 10.8. The average Bonchev–Trinajstić information content (AvgIpc) is 2.13. The molecule has 0 bridgehead atoms. The first-order chi connectivity index (χ1) is 6.70. The van der Waals surface area contributed by atoms with Crippen molar-refractivity contribution in [1.29, 1.82) is 0 Å². The van der Waals surface area contributed by atoms with Crippen LogP contribution in [0.3, 0.4) is 0 Å². The highest BCUT2D eigenvalue weighted by Gasteiger charge is 2.01. The summed E-state index contributed by atoms with van der Waals surface area (Å²) in [6, 6.07) is 0.229. The van der Waals surface area contributed by atoms with Gasteiger partial charge in [0.25, 0.3) is 0 Å². The monoisotopic (exact) mass is 220 g/mol. The topological polar surface area (TPSA) is 42.5 Å². The largest absolute Gasteiger partial charge is 0.383 e. The third-order valence-electron chi connectivity index (χ3n) is 1.53. The maximum Gasteiger partial charge on any atom is 0.166 e. The second-order valence-electron chi connectivity index (χ2n) is 2.95. The molecule has 4 nitrogen and oxygen atoms in total. The van der Waals surface area contributed by atoms with Crippen LogP contribution in [0.4, 0.5) is 0 Å². The van der Waals surface area contributed by atoms with E-state index in [2.05, 4.69) is 10.6 Å². The summed E-state index contributed by atoms with van der Waals surface area (Å²) in [6.07, 6.45) is 0. The van der Waals surface area contributed by atoms with Crippen molar-refractivity contribution in [1.82, 2.24) is 10.6 Å². The van der Waals surface area contributed by atoms with Gasteiger partial charge in [-0.1, -0.05) is 0 Å². The predicted octanol–water partition coefficient (Wildman–Crippen LogP) is 0.522. The standard InChI is InChI=1S/C9H20N2O2S/c1-4-13-6-5-10-9(14)11-8(2)7-12-3/h8H,4-7H2,1-3H3,(H2,10,11,14). The molecule has 5 heteroatoms. The molecule has 0 aromatic rings. The summed E-state index contributed by atoms with van der Waals surface area (Å²) in [5.41, 5.74) is 0. The molecule has 0 radical (unpaired) electrons. The van der Waals surface area contributed by atoms with Gasteiger partial charge in [-0.2, -0.15) is 0 Å². The number of ether oxygens (including phenoxy) is 2. The molecule has 0 saturated carbocycles. The smallest absolute Gasteiger partial charge is 0.166 e. The van der Waals surface area contributed by atoms with E-state index in [-0.39, 0.29) is 6.04 Å². The molecule has 0 saturated heterocycles. The third-order valence-corrected chi connectivity index (χ3v) is 1.79. The van der Waals surface area contributed by atoms with E-state index >= 15 is 0 Å². The van der Waals surface area contributed by atoms with E-state index in [9.17, 15) is 0 Å². The minimum atomic E-state index is 0.229. The van der Waals surface area contributed by atoms with Crippen LogP contribution in [0.2, 0.25) is 0 Å². The number of hydrogen-bond donors (Lipinski definition) is 2. The second kappa shape index (κ2) is 9.18. The molecule has 84 valence electrons. The van der Waals surface area contributed by atoms with Gasteiger partial charge in [0.1, 0.15) is 0 Å². The molecule has 2 N–H and O–H groups in total. The molecular weight excluding hydrogens is 200 g/mol. The van der Waals surface area contributed by atoms with Crippen LogP contribution in [0.25, 0.3) is 0 Å². The Bertz CT molecular complexity index is 156. The normalized spacial score (nSPS) is 12.2. The molecule has 0 aliphatic rings. The Morgan fingerprint density at radius 3 is 2.79 bits per heavy atom. The van der Waals surface area contributed by atoms with Crippen molar-refractivity contribution in [3.8, 4) is 0 Å². The van der Waals surface area contributed by atoms with Crippen LogP contribution in [0.1, 0.15) is 13.8 Å². The molecule has 0 fully saturated rings. The molecule has 0 amide bonds. The van der Waals surface area contributed by atoms with Gasteiger partial charge in [-0.05, 0) is 26.1 Å². The fourth-order valence-corrected chi connectivity index (χ4v) is 1.25. The molecule has 1 atom stereocenters. The Morgan fingerprint density at radius 2 is 2.21 bits per heavy atom. The van der Waals surface area contributed by atoms with Crippen LogP contribution in [-0.4, -0.2) is 44.6 Å². The molecule has 0 rings (SSSR count). The van der Waals surface area contributed by atoms with Gasteiger partial charge in [0, 0.05) is 26.3 Å². The van der Waals surface area contributed by atoms with Crippen molar-refractivity contribution in [2.75, 3.05) is 33.5 Å². The summed E-state index contributed by atoms with van der Waals surface area (Å²) in [5.74, 6) is 0. The van der Waals surface area contributed by atoms with Gasteiger partial charge in [-0.3, -0.25) is 0 Å². The Kier molecular flexibility index (Phi) is 8.92. The number of hydrogen-bond acceptors (Lipinski definition) is 3. The zero-order valence-corrected chi connectivity index (χ0v) is 9.95. The highest BCUT2D eigenvalue weighted by atomic mass is 32.1. The summed E-state index contributed by atoms with van der Waals surface area (Å²) in [5, 5.41) is 6.79. The molecule has 0 aliphatic heterocycles. The fraction of sp³-hybridized carbons (Fsp3) is 0.889. The highest BCUT2D eigenvalue weighted by molar-refractivity contribution is 7.80. The predicted molar refractivity (Wildman–Crippen MR) is 61.6 cm³/mol. The lowest BCUT2D eigenvalue weighted by atomic mass is 10.4. The summed E-state index contributed by atoms with van der Waals surface area (Å²) < 4.78 is 10.1. The van der Waals surface area contributed by atoms with E-state index in [1.807, 2.05) is 13.8 Å². The first-order valence-corrected chi connectivity index (χ1v) is 5.22. The Balaban J connectivity index is 3.35. The number of rotatable bonds is 7. The summed E-state index contributed by atoms with van der Waals surface area (Å²) in [6.45, 7) is 6.78. The molecule has 0 heterocycles. The lowest BCUT2D eigenvalue weighted by Crippen LogP contribution is -2.43. The van der Waals surface area contributed by atoms with Crippen LogP contribution >= 0.6 is 12.2 Å². The first-order valence-electron chi connectivity index (χ1n) is 4.81. The Labute approximate surface area is 91.3 Å². The highest BCUT2D eigenvalue weighted by Crippen LogP contribution is 1.82. The minimum Gasteiger partial charge on any atom is -0.383 e. The maximum absolute atomic E-state index is 5.16. The van der Waals surface area contributed by atoms with E-state index in [1.165, 1.54) is 0 Å². The van der Waals surface area contributed by atoms with Gasteiger partial charge in [0.2, 0.25) is 0 Å². The molecule has 1 unspecified atom stereocenters. The lowest BCUT2D eigenvalue weighted by molar-refractivity contribution is 0.152. The second-order valence-corrected chi connectivity index (χ2v) is 3.36. The number of methoxy groups -OCH3 is 1. The van der Waals surface area contributed by atoms with Gasteiger partial charge in [-0.15, -0.1) is 0 Å². The van der Waals surface area contributed by atoms with E-state index in [0.29, 0.717) is 18.3 Å². The number of nitrogens with one attached hydrogen (secondary N) is 2. The average molecular weight is 220 g/mol. The van der Waals surface area contributed by atoms with Crippen molar-refractivity contribution in [2.45, 2.75) is 19.9 Å². The van der Waals surface area contributed by atoms with Crippen LogP contribution in [0.5, 0.6) is 0 Å². The van der Waals surface area contributed by atoms with Gasteiger partial charge >= 0.3 is 0 Å².